The molecule has 0 aromatic heterocycles. The summed E-state index contributed by atoms with van der Waals surface area (Å²) in [5.41, 5.74) is -0.125. The molecule has 2 aliphatic rings. The minimum Gasteiger partial charge on any atom is -0.331 e. The molecule has 0 saturated heterocycles. The van der Waals surface area contributed by atoms with Crippen molar-refractivity contribution in [1.29, 1.82) is 21.2 Å². The number of halogens is 1. The molecule has 1 aromatic carbocycles. The Kier molecular flexibility index (Phi) is 4.84. The molecule has 0 spiro atoms. The van der Waals surface area contributed by atoms with Gasteiger partial charge in [-0.15, -0.1) is 0 Å². The standard InChI is InChI=1S/C20H18ClN5/c1-2-26-8-7-17-16(10-26)18(13-3-5-14(21)6-4-13)15(9-22)19(25)20(17,11-23)12-24/h3-7,15-16,18,25H,2,8,10H2,1H3/p+1/t15-,16-,18+/m0/s1. The Bertz CT molecular complexity index is 867. The van der Waals surface area contributed by atoms with E-state index in [0.717, 1.165) is 25.2 Å². The van der Waals surface area contributed by atoms with Crippen molar-refractivity contribution in [3.8, 4) is 18.2 Å². The van der Waals surface area contributed by atoms with Gasteiger partial charge in [-0.25, -0.2) is 0 Å². The summed E-state index contributed by atoms with van der Waals surface area (Å²) in [6.07, 6.45) is 1.95. The molecule has 3 rings (SSSR count). The van der Waals surface area contributed by atoms with Gasteiger partial charge in [0.15, 0.2) is 0 Å². The van der Waals surface area contributed by atoms with Crippen LogP contribution in [0.2, 0.25) is 5.02 Å². The minimum absolute atomic E-state index is 0.104. The highest BCUT2D eigenvalue weighted by atomic mass is 35.5. The third-order valence-corrected chi connectivity index (χ3v) is 5.94. The Morgan fingerprint density at radius 1 is 1.23 bits per heavy atom. The van der Waals surface area contributed by atoms with Crippen molar-refractivity contribution in [3.63, 3.8) is 0 Å². The van der Waals surface area contributed by atoms with E-state index in [9.17, 15) is 15.8 Å². The van der Waals surface area contributed by atoms with Crippen molar-refractivity contribution in [3.05, 3.63) is 46.5 Å². The van der Waals surface area contributed by atoms with Crippen LogP contribution in [0.4, 0.5) is 0 Å². The lowest BCUT2D eigenvalue weighted by Gasteiger charge is -2.45. The van der Waals surface area contributed by atoms with Gasteiger partial charge in [-0.3, -0.25) is 0 Å². The maximum atomic E-state index is 9.82. The summed E-state index contributed by atoms with van der Waals surface area (Å²) in [7, 11) is 0. The van der Waals surface area contributed by atoms with Crippen molar-refractivity contribution in [2.24, 2.45) is 17.3 Å². The Morgan fingerprint density at radius 2 is 1.88 bits per heavy atom. The number of quaternary nitrogens is 1. The smallest absolute Gasteiger partial charge is 0.203 e. The lowest BCUT2D eigenvalue weighted by Crippen LogP contribution is -3.13. The van der Waals surface area contributed by atoms with Crippen molar-refractivity contribution in [2.45, 2.75) is 12.8 Å². The summed E-state index contributed by atoms with van der Waals surface area (Å²) < 4.78 is 0. The molecule has 26 heavy (non-hydrogen) atoms. The summed E-state index contributed by atoms with van der Waals surface area (Å²) in [5.74, 6) is -1.19. The molecular weight excluding hydrogens is 346 g/mol. The first-order chi connectivity index (χ1) is 12.5. The molecule has 1 aliphatic heterocycles. The van der Waals surface area contributed by atoms with Crippen LogP contribution in [0.25, 0.3) is 0 Å². The highest BCUT2D eigenvalue weighted by molar-refractivity contribution is 6.30. The number of benzene rings is 1. The lowest BCUT2D eigenvalue weighted by atomic mass is 9.55. The first kappa shape index (κ1) is 18.2. The predicted molar refractivity (Wildman–Crippen MR) is 97.5 cm³/mol. The maximum Gasteiger partial charge on any atom is 0.203 e. The second kappa shape index (κ2) is 6.93. The summed E-state index contributed by atoms with van der Waals surface area (Å²) in [4.78, 5) is 1.34. The van der Waals surface area contributed by atoms with Crippen LogP contribution >= 0.6 is 11.6 Å². The van der Waals surface area contributed by atoms with Gasteiger partial charge in [-0.05, 0) is 36.3 Å². The molecule has 5 nitrogen and oxygen atoms in total. The molecule has 130 valence electrons. The van der Waals surface area contributed by atoms with Crippen LogP contribution in [0, 0.1) is 56.7 Å². The van der Waals surface area contributed by atoms with E-state index >= 15 is 0 Å². The normalized spacial score (nSPS) is 29.5. The van der Waals surface area contributed by atoms with E-state index in [1.807, 2.05) is 18.2 Å². The van der Waals surface area contributed by atoms with Crippen LogP contribution in [0.3, 0.4) is 0 Å². The van der Waals surface area contributed by atoms with Gasteiger partial charge in [0.25, 0.3) is 0 Å². The van der Waals surface area contributed by atoms with Crippen LogP contribution in [0.5, 0.6) is 0 Å². The van der Waals surface area contributed by atoms with Gasteiger partial charge in [0.2, 0.25) is 5.41 Å². The van der Waals surface area contributed by atoms with Gasteiger partial charge in [0.1, 0.15) is 0 Å². The summed E-state index contributed by atoms with van der Waals surface area (Å²) in [6.45, 7) is 4.49. The van der Waals surface area contributed by atoms with Crippen LogP contribution in [-0.4, -0.2) is 25.3 Å². The Balaban J connectivity index is 2.21. The second-order valence-electron chi connectivity index (χ2n) is 6.85. The van der Waals surface area contributed by atoms with E-state index in [2.05, 4.69) is 25.1 Å². The van der Waals surface area contributed by atoms with E-state index in [1.165, 1.54) is 4.90 Å². The van der Waals surface area contributed by atoms with Gasteiger partial charge < -0.3 is 10.3 Å². The quantitative estimate of drug-likeness (QED) is 0.786. The van der Waals surface area contributed by atoms with Crippen LogP contribution in [0.15, 0.2) is 35.9 Å². The van der Waals surface area contributed by atoms with E-state index in [1.54, 1.807) is 12.1 Å². The first-order valence-electron chi connectivity index (χ1n) is 8.63. The minimum atomic E-state index is -1.63. The fourth-order valence-electron chi connectivity index (χ4n) is 4.28. The number of rotatable bonds is 2. The highest BCUT2D eigenvalue weighted by Crippen LogP contribution is 2.51. The molecule has 0 bridgehead atoms. The van der Waals surface area contributed by atoms with E-state index in [4.69, 9.17) is 17.0 Å². The van der Waals surface area contributed by atoms with Crippen LogP contribution in [0.1, 0.15) is 18.4 Å². The Morgan fingerprint density at radius 3 is 2.42 bits per heavy atom. The lowest BCUT2D eigenvalue weighted by molar-refractivity contribution is -0.897. The average Bonchev–Trinajstić information content (AvgIpc) is 2.68. The molecule has 1 aliphatic carbocycles. The average molecular weight is 365 g/mol. The molecule has 1 heterocycles. The molecule has 0 radical (unpaired) electrons. The Hall–Kier alpha value is -2.65. The molecule has 2 N–H and O–H groups in total. The zero-order chi connectivity index (χ0) is 18.9. The molecule has 1 unspecified atom stereocenters. The fourth-order valence-corrected chi connectivity index (χ4v) is 4.41. The summed E-state index contributed by atoms with van der Waals surface area (Å²) >= 11 is 6.01. The van der Waals surface area contributed by atoms with Gasteiger partial charge in [0, 0.05) is 16.9 Å². The molecule has 1 saturated carbocycles. The SMILES string of the molecule is CC[NH+]1CC=C2[C@H](C1)[C@H](c1ccc(Cl)cc1)[C@H](C#N)C(=N)C2(C#N)C#N. The van der Waals surface area contributed by atoms with Crippen molar-refractivity contribution < 1.29 is 4.90 Å². The van der Waals surface area contributed by atoms with E-state index in [-0.39, 0.29) is 17.5 Å². The number of likely N-dealkylation sites (N-methyl/N-ethyl adjacent to an activating group) is 1. The zero-order valence-electron chi connectivity index (χ0n) is 14.5. The van der Waals surface area contributed by atoms with Gasteiger partial charge in [0.05, 0.1) is 49.5 Å². The molecule has 1 fully saturated rings. The van der Waals surface area contributed by atoms with Crippen molar-refractivity contribution >= 4 is 17.3 Å². The summed E-state index contributed by atoms with van der Waals surface area (Å²) in [5, 5.41) is 38.6. The molecule has 6 heteroatoms. The largest absolute Gasteiger partial charge is 0.331 e. The van der Waals surface area contributed by atoms with Crippen LogP contribution in [-0.2, 0) is 0 Å². The molecule has 0 amide bonds. The van der Waals surface area contributed by atoms with Gasteiger partial charge in [-0.1, -0.05) is 23.7 Å². The van der Waals surface area contributed by atoms with E-state index < -0.39 is 11.3 Å². The number of nitrogens with zero attached hydrogens (tertiary/aromatic N) is 3. The Labute approximate surface area is 158 Å². The third-order valence-electron chi connectivity index (χ3n) is 5.69. The maximum absolute atomic E-state index is 9.82. The van der Waals surface area contributed by atoms with Crippen molar-refractivity contribution in [1.82, 2.24) is 0 Å². The van der Waals surface area contributed by atoms with Crippen LogP contribution < -0.4 is 4.90 Å². The number of fused-ring (bicyclic) bond motifs is 1. The van der Waals surface area contributed by atoms with Gasteiger partial charge >= 0.3 is 0 Å². The first-order valence-corrected chi connectivity index (χ1v) is 9.00. The third kappa shape index (κ3) is 2.60. The van der Waals surface area contributed by atoms with Gasteiger partial charge in [-0.2, -0.15) is 15.8 Å². The molecule has 4 atom stereocenters. The topological polar surface area (TPSA) is 99.7 Å². The molecular formula is C20H19ClN5+. The number of nitrogens with one attached hydrogen (secondary N) is 2. The molecule has 1 aromatic rings. The van der Waals surface area contributed by atoms with E-state index in [0.29, 0.717) is 10.6 Å². The fraction of sp³-hybridized carbons (Fsp3) is 0.400. The van der Waals surface area contributed by atoms with Crippen molar-refractivity contribution in [2.75, 3.05) is 19.6 Å². The highest BCUT2D eigenvalue weighted by Gasteiger charge is 2.57. The summed E-state index contributed by atoms with van der Waals surface area (Å²) in [6, 6.07) is 13.7. The second-order valence-corrected chi connectivity index (χ2v) is 7.29. The monoisotopic (exact) mass is 364 g/mol. The number of hydrogen-bond acceptors (Lipinski definition) is 4. The predicted octanol–water partition coefficient (Wildman–Crippen LogP) is 2.09. The number of nitriles is 3. The zero-order valence-corrected chi connectivity index (χ0v) is 15.2. The number of hydrogen-bond donors (Lipinski definition) is 2.